The second-order valence-corrected chi connectivity index (χ2v) is 6.08. The molecular weight excluding hydrogens is 308 g/mol. The Balaban J connectivity index is 1.61. The summed E-state index contributed by atoms with van der Waals surface area (Å²) in [7, 11) is 1.76. The highest BCUT2D eigenvalue weighted by atomic mass is 16.7. The average Bonchev–Trinajstić information content (AvgIpc) is 3.12. The Morgan fingerprint density at radius 3 is 2.71 bits per heavy atom. The number of hydrogen-bond donors (Lipinski definition) is 1. The summed E-state index contributed by atoms with van der Waals surface area (Å²) in [4.78, 5) is 14.0. The van der Waals surface area contributed by atoms with E-state index in [0.717, 1.165) is 34.1 Å². The molecular formula is C18H22N2O4. The minimum atomic E-state index is -0.140. The van der Waals surface area contributed by atoms with Crippen molar-refractivity contribution in [3.63, 3.8) is 0 Å². The standard InChI is InChI=1S/C18H22N2O4/c1-11-7-15(13(3)24-11)12(2)19-18(21)20(4)9-14-5-6-16-17(8-14)23-10-22-16/h5-8,12H,9-10H2,1-4H3,(H,19,21)/t12-/m0/s1. The first-order valence-corrected chi connectivity index (χ1v) is 7.91. The van der Waals surface area contributed by atoms with Crippen LogP contribution in [0.25, 0.3) is 0 Å². The topological polar surface area (TPSA) is 63.9 Å². The van der Waals surface area contributed by atoms with Crippen LogP contribution in [-0.2, 0) is 6.54 Å². The molecule has 0 radical (unpaired) electrons. The van der Waals surface area contributed by atoms with Crippen LogP contribution in [0.5, 0.6) is 11.5 Å². The lowest BCUT2D eigenvalue weighted by atomic mass is 10.1. The van der Waals surface area contributed by atoms with E-state index in [4.69, 9.17) is 13.9 Å². The highest BCUT2D eigenvalue weighted by molar-refractivity contribution is 5.74. The third-order valence-corrected chi connectivity index (χ3v) is 4.09. The Bertz CT molecular complexity index is 753. The van der Waals surface area contributed by atoms with Crippen LogP contribution in [0.2, 0.25) is 0 Å². The number of fused-ring (bicyclic) bond motifs is 1. The average molecular weight is 330 g/mol. The van der Waals surface area contributed by atoms with Gasteiger partial charge in [-0.15, -0.1) is 0 Å². The molecule has 2 amide bonds. The highest BCUT2D eigenvalue weighted by Gasteiger charge is 2.18. The number of carbonyl (C=O) groups excluding carboxylic acids is 1. The van der Waals surface area contributed by atoms with Crippen LogP contribution < -0.4 is 14.8 Å². The number of nitrogens with zero attached hydrogens (tertiary/aromatic N) is 1. The Kier molecular flexibility index (Phi) is 4.38. The van der Waals surface area contributed by atoms with Gasteiger partial charge in [-0.1, -0.05) is 6.07 Å². The van der Waals surface area contributed by atoms with Gasteiger partial charge >= 0.3 is 6.03 Å². The number of rotatable bonds is 4. The van der Waals surface area contributed by atoms with Crippen molar-refractivity contribution in [1.29, 1.82) is 0 Å². The first-order chi connectivity index (χ1) is 11.4. The predicted octanol–water partition coefficient (Wildman–Crippen LogP) is 3.53. The van der Waals surface area contributed by atoms with Crippen molar-refractivity contribution in [2.45, 2.75) is 33.4 Å². The predicted molar refractivity (Wildman–Crippen MR) is 89.2 cm³/mol. The Morgan fingerprint density at radius 1 is 1.25 bits per heavy atom. The molecule has 0 spiro atoms. The summed E-state index contributed by atoms with van der Waals surface area (Å²) in [5.74, 6) is 3.14. The zero-order valence-electron chi connectivity index (χ0n) is 14.4. The van der Waals surface area contributed by atoms with E-state index in [9.17, 15) is 4.79 Å². The van der Waals surface area contributed by atoms with Crippen molar-refractivity contribution in [3.8, 4) is 11.5 Å². The van der Waals surface area contributed by atoms with Gasteiger partial charge in [0.15, 0.2) is 11.5 Å². The molecule has 6 heteroatoms. The van der Waals surface area contributed by atoms with Crippen molar-refractivity contribution in [3.05, 3.63) is 46.9 Å². The van der Waals surface area contributed by atoms with E-state index in [1.807, 2.05) is 45.0 Å². The summed E-state index contributed by atoms with van der Waals surface area (Å²) in [6, 6.07) is 7.40. The number of carbonyl (C=O) groups is 1. The number of furan rings is 1. The van der Waals surface area contributed by atoms with Gasteiger partial charge in [-0.25, -0.2) is 4.79 Å². The van der Waals surface area contributed by atoms with Crippen molar-refractivity contribution >= 4 is 6.03 Å². The molecule has 2 heterocycles. The second-order valence-electron chi connectivity index (χ2n) is 6.08. The van der Waals surface area contributed by atoms with E-state index in [0.29, 0.717) is 6.54 Å². The lowest BCUT2D eigenvalue weighted by molar-refractivity contribution is 0.174. The van der Waals surface area contributed by atoms with Gasteiger partial charge in [0.2, 0.25) is 6.79 Å². The van der Waals surface area contributed by atoms with E-state index in [2.05, 4.69) is 5.32 Å². The number of ether oxygens (including phenoxy) is 2. The third kappa shape index (κ3) is 3.32. The summed E-state index contributed by atoms with van der Waals surface area (Å²) in [5.41, 5.74) is 1.98. The van der Waals surface area contributed by atoms with E-state index in [1.165, 1.54) is 0 Å². The fourth-order valence-corrected chi connectivity index (χ4v) is 2.84. The van der Waals surface area contributed by atoms with Crippen molar-refractivity contribution < 1.29 is 18.7 Å². The smallest absolute Gasteiger partial charge is 0.317 e. The van der Waals surface area contributed by atoms with E-state index >= 15 is 0 Å². The number of hydrogen-bond acceptors (Lipinski definition) is 4. The van der Waals surface area contributed by atoms with Crippen LogP contribution >= 0.6 is 0 Å². The van der Waals surface area contributed by atoms with Gasteiger partial charge < -0.3 is 24.1 Å². The van der Waals surface area contributed by atoms with Gasteiger partial charge in [0, 0.05) is 19.2 Å². The normalized spacial score (nSPS) is 13.7. The summed E-state index contributed by atoms with van der Waals surface area (Å²) in [6.45, 7) is 6.48. The Hall–Kier alpha value is -2.63. The molecule has 0 saturated heterocycles. The lowest BCUT2D eigenvalue weighted by Gasteiger charge is -2.21. The quantitative estimate of drug-likeness (QED) is 0.931. The lowest BCUT2D eigenvalue weighted by Crippen LogP contribution is -2.38. The largest absolute Gasteiger partial charge is 0.466 e. The zero-order chi connectivity index (χ0) is 17.3. The molecule has 1 atom stereocenters. The van der Waals surface area contributed by atoms with Crippen LogP contribution in [0.15, 0.2) is 28.7 Å². The van der Waals surface area contributed by atoms with Gasteiger partial charge in [0.05, 0.1) is 6.04 Å². The van der Waals surface area contributed by atoms with Crippen LogP contribution in [0, 0.1) is 13.8 Å². The van der Waals surface area contributed by atoms with E-state index in [1.54, 1.807) is 11.9 Å². The SMILES string of the molecule is Cc1cc([C@H](C)NC(=O)N(C)Cc2ccc3c(c2)OCO3)c(C)o1. The molecule has 0 saturated carbocycles. The molecule has 1 N–H and O–H groups in total. The third-order valence-electron chi connectivity index (χ3n) is 4.09. The van der Waals surface area contributed by atoms with Crippen LogP contribution in [0.1, 0.15) is 35.6 Å². The van der Waals surface area contributed by atoms with Gasteiger partial charge in [0.25, 0.3) is 0 Å². The van der Waals surface area contributed by atoms with Crippen molar-refractivity contribution in [2.24, 2.45) is 0 Å². The minimum Gasteiger partial charge on any atom is -0.466 e. The van der Waals surface area contributed by atoms with Crippen LogP contribution in [0.3, 0.4) is 0 Å². The first kappa shape index (κ1) is 16.2. The second kappa shape index (κ2) is 6.47. The minimum absolute atomic E-state index is 0.117. The molecule has 6 nitrogen and oxygen atoms in total. The maximum atomic E-state index is 12.4. The van der Waals surface area contributed by atoms with Gasteiger partial charge in [-0.3, -0.25) is 0 Å². The Morgan fingerprint density at radius 2 is 2.00 bits per heavy atom. The molecule has 0 unspecified atom stereocenters. The van der Waals surface area contributed by atoms with E-state index in [-0.39, 0.29) is 18.9 Å². The summed E-state index contributed by atoms with van der Waals surface area (Å²) in [6.07, 6.45) is 0. The number of aryl methyl sites for hydroxylation is 2. The Labute approximate surface area is 141 Å². The van der Waals surface area contributed by atoms with Crippen LogP contribution in [0.4, 0.5) is 4.79 Å². The fourth-order valence-electron chi connectivity index (χ4n) is 2.84. The molecule has 1 aromatic carbocycles. The van der Waals surface area contributed by atoms with Crippen molar-refractivity contribution in [2.75, 3.05) is 13.8 Å². The molecule has 2 aromatic rings. The molecule has 128 valence electrons. The molecule has 1 aliphatic rings. The maximum Gasteiger partial charge on any atom is 0.317 e. The summed E-state index contributed by atoms with van der Waals surface area (Å²) >= 11 is 0. The monoisotopic (exact) mass is 330 g/mol. The highest BCUT2D eigenvalue weighted by Crippen LogP contribution is 2.32. The molecule has 1 aliphatic heterocycles. The molecule has 0 bridgehead atoms. The summed E-state index contributed by atoms with van der Waals surface area (Å²) < 4.78 is 16.2. The van der Waals surface area contributed by atoms with E-state index < -0.39 is 0 Å². The molecule has 0 fully saturated rings. The molecule has 0 aliphatic carbocycles. The number of urea groups is 1. The fraction of sp³-hybridized carbons (Fsp3) is 0.389. The number of nitrogens with one attached hydrogen (secondary N) is 1. The van der Waals surface area contributed by atoms with Gasteiger partial charge in [-0.05, 0) is 44.5 Å². The van der Waals surface area contributed by atoms with Gasteiger partial charge in [0.1, 0.15) is 11.5 Å². The van der Waals surface area contributed by atoms with Gasteiger partial charge in [-0.2, -0.15) is 0 Å². The zero-order valence-corrected chi connectivity index (χ0v) is 14.4. The molecule has 1 aromatic heterocycles. The first-order valence-electron chi connectivity index (χ1n) is 7.91. The van der Waals surface area contributed by atoms with Crippen molar-refractivity contribution in [1.82, 2.24) is 10.2 Å². The number of benzene rings is 1. The summed E-state index contributed by atoms with van der Waals surface area (Å²) in [5, 5.41) is 2.99. The molecule has 24 heavy (non-hydrogen) atoms. The number of amides is 2. The molecule has 3 rings (SSSR count). The van der Waals surface area contributed by atoms with Crippen LogP contribution in [-0.4, -0.2) is 24.8 Å². The maximum absolute atomic E-state index is 12.4.